The highest BCUT2D eigenvalue weighted by atomic mass is 16.6. The zero-order chi connectivity index (χ0) is 47.2. The summed E-state index contributed by atoms with van der Waals surface area (Å²) >= 11 is 0. The Morgan fingerprint density at radius 1 is 0.323 bits per heavy atom. The van der Waals surface area contributed by atoms with Gasteiger partial charge in [-0.15, -0.1) is 0 Å². The van der Waals surface area contributed by atoms with Crippen LogP contribution in [0.2, 0.25) is 0 Å². The van der Waals surface area contributed by atoms with E-state index in [9.17, 15) is 14.4 Å². The Hall–Kier alpha value is -3.67. The number of allylic oxidation sites excluding steroid dienone is 16. The van der Waals surface area contributed by atoms with Gasteiger partial charge >= 0.3 is 17.9 Å². The lowest BCUT2D eigenvalue weighted by Crippen LogP contribution is -2.30. The number of ether oxygens (including phenoxy) is 3. The average Bonchev–Trinajstić information content (AvgIpc) is 3.30. The molecule has 370 valence electrons. The monoisotopic (exact) mass is 903 g/mol. The molecule has 6 heteroatoms. The zero-order valence-corrected chi connectivity index (χ0v) is 42.2. The van der Waals surface area contributed by atoms with Crippen LogP contribution in [0, 0.1) is 0 Å². The van der Waals surface area contributed by atoms with Gasteiger partial charge in [-0.2, -0.15) is 0 Å². The molecule has 65 heavy (non-hydrogen) atoms. The lowest BCUT2D eigenvalue weighted by molar-refractivity contribution is -0.167. The third-order valence-electron chi connectivity index (χ3n) is 11.0. The van der Waals surface area contributed by atoms with Crippen LogP contribution < -0.4 is 0 Å². The van der Waals surface area contributed by atoms with Gasteiger partial charge in [-0.05, 0) is 109 Å². The maximum atomic E-state index is 12.8. The summed E-state index contributed by atoms with van der Waals surface area (Å²) in [5.74, 6) is -0.930. The maximum Gasteiger partial charge on any atom is 0.306 e. The van der Waals surface area contributed by atoms with Gasteiger partial charge < -0.3 is 14.2 Å². The topological polar surface area (TPSA) is 78.9 Å². The van der Waals surface area contributed by atoms with E-state index >= 15 is 0 Å². The Bertz CT molecular complexity index is 1310. The highest BCUT2D eigenvalue weighted by Crippen LogP contribution is 2.14. The fourth-order valence-corrected chi connectivity index (χ4v) is 7.02. The van der Waals surface area contributed by atoms with Crippen molar-refractivity contribution in [1.82, 2.24) is 0 Å². The van der Waals surface area contributed by atoms with Gasteiger partial charge in [0.1, 0.15) is 13.2 Å². The van der Waals surface area contributed by atoms with Gasteiger partial charge in [0.25, 0.3) is 0 Å². The molecular weight excluding hydrogens is 805 g/mol. The molecule has 0 spiro atoms. The first-order valence-corrected chi connectivity index (χ1v) is 26.7. The SMILES string of the molecule is CC/C=C\C/C=C\C/C=C\C/C=C\C/C=C\CCCCCCCCCC(=O)OCC(COC(=O)CCCCCCC/C=C\CCCC)OC(=O)CCCCCCC/C=C\C/C=C\CCC. The summed E-state index contributed by atoms with van der Waals surface area (Å²) in [6.45, 7) is 6.38. The van der Waals surface area contributed by atoms with E-state index in [0.29, 0.717) is 19.3 Å². The largest absolute Gasteiger partial charge is 0.462 e. The zero-order valence-electron chi connectivity index (χ0n) is 42.2. The van der Waals surface area contributed by atoms with Crippen LogP contribution in [-0.2, 0) is 28.6 Å². The van der Waals surface area contributed by atoms with Crippen LogP contribution in [0.4, 0.5) is 0 Å². The fraction of sp³-hybridized carbons (Fsp3) is 0.678. The molecule has 0 rings (SSSR count). The predicted octanol–water partition coefficient (Wildman–Crippen LogP) is 17.8. The van der Waals surface area contributed by atoms with Crippen LogP contribution in [0.3, 0.4) is 0 Å². The number of esters is 3. The van der Waals surface area contributed by atoms with Crippen molar-refractivity contribution in [3.8, 4) is 0 Å². The number of unbranched alkanes of at least 4 members (excludes halogenated alkanes) is 20. The van der Waals surface area contributed by atoms with Gasteiger partial charge in [0.2, 0.25) is 0 Å². The van der Waals surface area contributed by atoms with Gasteiger partial charge in [-0.3, -0.25) is 14.4 Å². The van der Waals surface area contributed by atoms with E-state index in [1.165, 1.54) is 57.8 Å². The Kier molecular flexibility index (Phi) is 50.0. The van der Waals surface area contributed by atoms with Crippen LogP contribution in [0.15, 0.2) is 97.2 Å². The Morgan fingerprint density at radius 2 is 0.631 bits per heavy atom. The number of carbonyl (C=O) groups excluding carboxylic acids is 3. The fourth-order valence-electron chi connectivity index (χ4n) is 7.02. The molecule has 1 atom stereocenters. The molecule has 0 amide bonds. The smallest absolute Gasteiger partial charge is 0.306 e. The first-order chi connectivity index (χ1) is 32.0. The van der Waals surface area contributed by atoms with Gasteiger partial charge in [0.05, 0.1) is 0 Å². The van der Waals surface area contributed by atoms with Crippen LogP contribution in [0.1, 0.15) is 239 Å². The second kappa shape index (κ2) is 52.9. The van der Waals surface area contributed by atoms with E-state index in [1.807, 2.05) is 0 Å². The number of hydrogen-bond acceptors (Lipinski definition) is 6. The van der Waals surface area contributed by atoms with Crippen molar-refractivity contribution in [2.24, 2.45) is 0 Å². The van der Waals surface area contributed by atoms with E-state index in [-0.39, 0.29) is 31.1 Å². The summed E-state index contributed by atoms with van der Waals surface area (Å²) in [5.41, 5.74) is 0. The average molecular weight is 903 g/mol. The number of hydrogen-bond donors (Lipinski definition) is 0. The standard InChI is InChI=1S/C59H98O6/c1-4-7-10-13-16-19-22-24-25-26-27-28-29-30-31-32-33-35-37-40-43-46-49-52-58(61)64-55-56(54-63-57(60)51-48-45-42-39-36-21-18-15-12-9-6-3)65-59(62)53-50-47-44-41-38-34-23-20-17-14-11-8-5-2/h7,10-11,14-16,18-20,23-25,27-28,30-31,56H,4-6,8-9,12-13,17,21-22,26,29,32-55H2,1-3H3/b10-7-,14-11-,18-15-,19-16-,23-20-,25-24-,28-27-,31-30-. The molecule has 0 radical (unpaired) electrons. The molecule has 0 bridgehead atoms. The second-order valence-corrected chi connectivity index (χ2v) is 17.4. The molecule has 1 unspecified atom stereocenters. The molecule has 0 saturated carbocycles. The summed E-state index contributed by atoms with van der Waals surface area (Å²) in [7, 11) is 0. The molecule has 0 N–H and O–H groups in total. The minimum Gasteiger partial charge on any atom is -0.462 e. The Morgan fingerprint density at radius 3 is 1.02 bits per heavy atom. The molecule has 0 aromatic carbocycles. The summed E-state index contributed by atoms with van der Waals surface area (Å²) in [4.78, 5) is 38.0. The van der Waals surface area contributed by atoms with Gasteiger partial charge in [0.15, 0.2) is 6.10 Å². The predicted molar refractivity (Wildman–Crippen MR) is 279 cm³/mol. The van der Waals surface area contributed by atoms with E-state index in [1.54, 1.807) is 0 Å². The first kappa shape index (κ1) is 61.3. The van der Waals surface area contributed by atoms with Crippen LogP contribution in [-0.4, -0.2) is 37.2 Å². The summed E-state index contributed by atoms with van der Waals surface area (Å²) in [6.07, 6.45) is 69.6. The van der Waals surface area contributed by atoms with Crippen molar-refractivity contribution in [1.29, 1.82) is 0 Å². The molecular formula is C59H98O6. The van der Waals surface area contributed by atoms with E-state index in [2.05, 4.69) is 118 Å². The number of rotatable bonds is 47. The molecule has 0 aliphatic rings. The normalized spacial score (nSPS) is 12.8. The molecule has 0 aliphatic carbocycles. The highest BCUT2D eigenvalue weighted by Gasteiger charge is 2.19. The van der Waals surface area contributed by atoms with E-state index < -0.39 is 6.10 Å². The lowest BCUT2D eigenvalue weighted by Gasteiger charge is -2.18. The first-order valence-electron chi connectivity index (χ1n) is 26.7. The lowest BCUT2D eigenvalue weighted by atomic mass is 10.1. The summed E-state index contributed by atoms with van der Waals surface area (Å²) in [6, 6.07) is 0. The second-order valence-electron chi connectivity index (χ2n) is 17.4. The van der Waals surface area contributed by atoms with Crippen molar-refractivity contribution < 1.29 is 28.6 Å². The minimum atomic E-state index is -0.793. The van der Waals surface area contributed by atoms with Crippen molar-refractivity contribution in [3.05, 3.63) is 97.2 Å². The van der Waals surface area contributed by atoms with Crippen molar-refractivity contribution in [2.75, 3.05) is 13.2 Å². The molecule has 0 aliphatic heterocycles. The van der Waals surface area contributed by atoms with Crippen LogP contribution >= 0.6 is 0 Å². The van der Waals surface area contributed by atoms with Gasteiger partial charge in [-0.1, -0.05) is 208 Å². The third kappa shape index (κ3) is 51.2. The van der Waals surface area contributed by atoms with Gasteiger partial charge in [-0.25, -0.2) is 0 Å². The molecule has 0 aromatic rings. The van der Waals surface area contributed by atoms with Crippen molar-refractivity contribution >= 4 is 17.9 Å². The van der Waals surface area contributed by atoms with Gasteiger partial charge in [0, 0.05) is 19.3 Å². The summed E-state index contributed by atoms with van der Waals surface area (Å²) in [5, 5.41) is 0. The van der Waals surface area contributed by atoms with Crippen LogP contribution in [0.5, 0.6) is 0 Å². The van der Waals surface area contributed by atoms with Crippen LogP contribution in [0.25, 0.3) is 0 Å². The summed E-state index contributed by atoms with van der Waals surface area (Å²) < 4.78 is 16.8. The number of carbonyl (C=O) groups is 3. The molecule has 6 nitrogen and oxygen atoms in total. The Labute approximate surface area is 400 Å². The van der Waals surface area contributed by atoms with Crippen molar-refractivity contribution in [3.63, 3.8) is 0 Å². The molecule has 0 saturated heterocycles. The third-order valence-corrected chi connectivity index (χ3v) is 11.0. The van der Waals surface area contributed by atoms with E-state index in [4.69, 9.17) is 14.2 Å². The molecule has 0 aromatic heterocycles. The maximum absolute atomic E-state index is 12.8. The van der Waals surface area contributed by atoms with E-state index in [0.717, 1.165) is 141 Å². The molecule has 0 heterocycles. The Balaban J connectivity index is 4.35. The molecule has 0 fully saturated rings. The minimum absolute atomic E-state index is 0.0921. The highest BCUT2D eigenvalue weighted by molar-refractivity contribution is 5.71. The van der Waals surface area contributed by atoms with Crippen molar-refractivity contribution in [2.45, 2.75) is 245 Å². The quantitative estimate of drug-likeness (QED) is 0.0262.